The lowest BCUT2D eigenvalue weighted by molar-refractivity contribution is -0.143. The summed E-state index contributed by atoms with van der Waals surface area (Å²) in [4.78, 5) is 4.11. The molecule has 1 saturated heterocycles. The van der Waals surface area contributed by atoms with E-state index in [0.717, 1.165) is 16.9 Å². The Balaban J connectivity index is 1.49. The van der Waals surface area contributed by atoms with Crippen molar-refractivity contribution in [2.45, 2.75) is 57.1 Å². The molecule has 1 atom stereocenters. The van der Waals surface area contributed by atoms with Gasteiger partial charge in [-0.3, -0.25) is 4.90 Å². The van der Waals surface area contributed by atoms with Gasteiger partial charge >= 0.3 is 18.5 Å². The van der Waals surface area contributed by atoms with Gasteiger partial charge in [0.2, 0.25) is 0 Å². The minimum atomic E-state index is -5.11. The van der Waals surface area contributed by atoms with E-state index in [-0.39, 0.29) is 23.7 Å². The van der Waals surface area contributed by atoms with Crippen LogP contribution in [-0.2, 0) is 38.7 Å². The number of aryl methyl sites for hydroxylation is 1. The Morgan fingerprint density at radius 1 is 0.833 bits per heavy atom. The van der Waals surface area contributed by atoms with Crippen LogP contribution in [0.1, 0.15) is 52.8 Å². The van der Waals surface area contributed by atoms with E-state index in [1.807, 2.05) is 11.8 Å². The number of halogens is 10. The van der Waals surface area contributed by atoms with Crippen LogP contribution in [0.4, 0.5) is 49.9 Å². The van der Waals surface area contributed by atoms with Crippen LogP contribution in [0.5, 0.6) is 5.75 Å². The van der Waals surface area contributed by atoms with E-state index in [0.29, 0.717) is 43.0 Å². The van der Waals surface area contributed by atoms with Gasteiger partial charge in [0, 0.05) is 38.3 Å². The summed E-state index contributed by atoms with van der Waals surface area (Å²) in [7, 11) is 1.37. The molecule has 1 aromatic heterocycles. The number of benzene rings is 3. The zero-order chi connectivity index (χ0) is 35.0. The van der Waals surface area contributed by atoms with Gasteiger partial charge in [0.1, 0.15) is 17.7 Å². The lowest BCUT2D eigenvalue weighted by Gasteiger charge is -2.44. The minimum absolute atomic E-state index is 0.0104. The largest absolute Gasteiger partial charge is 0.488 e. The van der Waals surface area contributed by atoms with Crippen LogP contribution in [0.3, 0.4) is 0 Å². The minimum Gasteiger partial charge on any atom is -0.488 e. The molecule has 17 heteroatoms. The standard InChI is InChI=1S/C31H28F10N6O/c1-3-27(46-16-25(17-46)48-24-6-4-5-23(32)13-24)26-8-7-20(29(33,34)35)11-19(26)15-47(28-42-44-45(2)43-28)14-18-9-21(30(36,37)38)12-22(10-18)31(39,40)41/h4-13,25,27H,3,14-17H2,1-2H3. The van der Waals surface area contributed by atoms with Crippen LogP contribution in [0, 0.1) is 5.82 Å². The molecule has 48 heavy (non-hydrogen) atoms. The van der Waals surface area contributed by atoms with Crippen molar-refractivity contribution in [3.05, 3.63) is 99.9 Å². The van der Waals surface area contributed by atoms with Gasteiger partial charge in [0.15, 0.2) is 0 Å². The second kappa shape index (κ2) is 13.2. The van der Waals surface area contributed by atoms with Gasteiger partial charge in [-0.15, -0.1) is 5.10 Å². The first-order valence-electron chi connectivity index (χ1n) is 14.5. The molecule has 7 nitrogen and oxygen atoms in total. The average molecular weight is 691 g/mol. The summed E-state index contributed by atoms with van der Waals surface area (Å²) in [6.07, 6.45) is -14.9. The molecule has 0 amide bonds. The number of aromatic nitrogens is 4. The van der Waals surface area contributed by atoms with E-state index in [1.165, 1.54) is 36.2 Å². The first-order valence-corrected chi connectivity index (χ1v) is 14.5. The molecule has 3 aromatic carbocycles. The van der Waals surface area contributed by atoms with Gasteiger partial charge in [0.25, 0.3) is 5.95 Å². The van der Waals surface area contributed by atoms with Gasteiger partial charge in [-0.05, 0) is 70.8 Å². The smallest absolute Gasteiger partial charge is 0.416 e. The number of hydrogen-bond donors (Lipinski definition) is 0. The van der Waals surface area contributed by atoms with Crippen LogP contribution in [0.2, 0.25) is 0 Å². The van der Waals surface area contributed by atoms with E-state index in [1.54, 1.807) is 6.07 Å². The molecule has 0 N–H and O–H groups in total. The monoisotopic (exact) mass is 690 g/mol. The molecule has 1 aliphatic heterocycles. The summed E-state index contributed by atoms with van der Waals surface area (Å²) in [6.45, 7) is 1.48. The molecule has 1 fully saturated rings. The Kier molecular flexibility index (Phi) is 9.63. The molecule has 0 saturated carbocycles. The number of hydrogen-bond acceptors (Lipinski definition) is 6. The normalized spacial score (nSPS) is 15.3. The quantitative estimate of drug-likeness (QED) is 0.158. The van der Waals surface area contributed by atoms with Crippen molar-refractivity contribution in [2.24, 2.45) is 7.05 Å². The van der Waals surface area contributed by atoms with Crippen molar-refractivity contribution >= 4 is 5.95 Å². The number of nitrogens with zero attached hydrogens (tertiary/aromatic N) is 6. The number of likely N-dealkylation sites (tertiary alicyclic amines) is 1. The van der Waals surface area contributed by atoms with Crippen LogP contribution >= 0.6 is 0 Å². The average Bonchev–Trinajstić information content (AvgIpc) is 3.41. The third-order valence-electron chi connectivity index (χ3n) is 7.79. The van der Waals surface area contributed by atoms with Gasteiger partial charge in [-0.2, -0.15) is 44.3 Å². The molecule has 258 valence electrons. The fraction of sp³-hybridized carbons (Fsp3) is 0.387. The second-order valence-electron chi connectivity index (χ2n) is 11.3. The highest BCUT2D eigenvalue weighted by molar-refractivity contribution is 5.42. The SMILES string of the molecule is CCC(c1ccc(C(F)(F)F)cc1CN(Cc1cc(C(F)(F)F)cc(C(F)(F)F)c1)c1nnn(C)n1)N1CC(Oc2cccc(F)c2)C1. The van der Waals surface area contributed by atoms with E-state index in [2.05, 4.69) is 15.4 Å². The van der Waals surface area contributed by atoms with Crippen LogP contribution < -0.4 is 9.64 Å². The topological polar surface area (TPSA) is 59.3 Å². The predicted molar refractivity (Wildman–Crippen MR) is 152 cm³/mol. The summed E-state index contributed by atoms with van der Waals surface area (Å²) in [6, 6.07) is 9.32. The van der Waals surface area contributed by atoms with E-state index >= 15 is 0 Å². The summed E-state index contributed by atoms with van der Waals surface area (Å²) in [5, 5.41) is 11.6. The fourth-order valence-corrected chi connectivity index (χ4v) is 5.58. The van der Waals surface area contributed by atoms with Gasteiger partial charge in [-0.1, -0.05) is 24.2 Å². The molecule has 0 aliphatic carbocycles. The molecule has 1 unspecified atom stereocenters. The summed E-state index contributed by atoms with van der Waals surface area (Å²) in [5.41, 5.74) is -3.97. The maximum absolute atomic E-state index is 13.9. The highest BCUT2D eigenvalue weighted by atomic mass is 19.4. The Bertz CT molecular complexity index is 1700. The Hall–Kier alpha value is -4.41. The van der Waals surface area contributed by atoms with E-state index in [9.17, 15) is 43.9 Å². The highest BCUT2D eigenvalue weighted by Gasteiger charge is 2.39. The molecule has 0 bridgehead atoms. The molecule has 2 heterocycles. The Labute approximate surface area is 267 Å². The Morgan fingerprint density at radius 3 is 2.02 bits per heavy atom. The molecule has 0 spiro atoms. The first kappa shape index (κ1) is 34.9. The highest BCUT2D eigenvalue weighted by Crippen LogP contribution is 2.39. The summed E-state index contributed by atoms with van der Waals surface area (Å²) < 4.78 is 143. The molecular formula is C31H28F10N6O. The van der Waals surface area contributed by atoms with Gasteiger partial charge in [-0.25, -0.2) is 4.39 Å². The lowest BCUT2D eigenvalue weighted by Crippen LogP contribution is -2.55. The maximum Gasteiger partial charge on any atom is 0.416 e. The number of alkyl halides is 9. The van der Waals surface area contributed by atoms with Crippen molar-refractivity contribution in [2.75, 3.05) is 18.0 Å². The third kappa shape index (κ3) is 8.17. The number of rotatable bonds is 10. The summed E-state index contributed by atoms with van der Waals surface area (Å²) in [5.74, 6) is -0.392. The second-order valence-corrected chi connectivity index (χ2v) is 11.3. The number of anilines is 1. The van der Waals surface area contributed by atoms with E-state index in [4.69, 9.17) is 4.74 Å². The maximum atomic E-state index is 13.9. The molecule has 0 radical (unpaired) electrons. The zero-order valence-electron chi connectivity index (χ0n) is 25.3. The molecule has 4 aromatic rings. The Morgan fingerprint density at radius 2 is 1.48 bits per heavy atom. The summed E-state index contributed by atoms with van der Waals surface area (Å²) >= 11 is 0. The number of tetrazole rings is 1. The first-order chi connectivity index (χ1) is 22.4. The van der Waals surface area contributed by atoms with Crippen molar-refractivity contribution in [3.8, 4) is 5.75 Å². The zero-order valence-corrected chi connectivity index (χ0v) is 25.3. The molecular weight excluding hydrogens is 662 g/mol. The fourth-order valence-electron chi connectivity index (χ4n) is 5.58. The van der Waals surface area contributed by atoms with Crippen molar-refractivity contribution in [3.63, 3.8) is 0 Å². The van der Waals surface area contributed by atoms with Crippen LogP contribution in [-0.4, -0.2) is 44.3 Å². The van der Waals surface area contributed by atoms with E-state index < -0.39 is 65.7 Å². The van der Waals surface area contributed by atoms with Crippen molar-refractivity contribution in [1.82, 2.24) is 25.1 Å². The third-order valence-corrected chi connectivity index (χ3v) is 7.79. The predicted octanol–water partition coefficient (Wildman–Crippen LogP) is 7.83. The van der Waals surface area contributed by atoms with Crippen molar-refractivity contribution in [1.29, 1.82) is 0 Å². The van der Waals surface area contributed by atoms with Crippen LogP contribution in [0.15, 0.2) is 60.7 Å². The van der Waals surface area contributed by atoms with Gasteiger partial charge < -0.3 is 9.64 Å². The van der Waals surface area contributed by atoms with Crippen LogP contribution in [0.25, 0.3) is 0 Å². The number of ether oxygens (including phenoxy) is 1. The lowest BCUT2D eigenvalue weighted by atomic mass is 9.92. The van der Waals surface area contributed by atoms with Crippen molar-refractivity contribution < 1.29 is 48.6 Å². The van der Waals surface area contributed by atoms with Gasteiger partial charge in [0.05, 0.1) is 23.7 Å². The molecule has 1 aliphatic rings. The molecule has 5 rings (SSSR count).